The Labute approximate surface area is 430 Å². The molecule has 0 bridgehead atoms. The van der Waals surface area contributed by atoms with Gasteiger partial charge < -0.3 is 53.6 Å². The molecule has 0 amide bonds. The summed E-state index contributed by atoms with van der Waals surface area (Å²) in [6.45, 7) is 8.91. The molecule has 2 aliphatic heterocycles. The largest absolute Gasteiger partial charge is 0.462 e. The maximum atomic E-state index is 13.7. The van der Waals surface area contributed by atoms with E-state index in [1.807, 2.05) is 42.5 Å². The second-order valence-corrected chi connectivity index (χ2v) is 20.0. The van der Waals surface area contributed by atoms with E-state index < -0.39 is 98.1 Å². The van der Waals surface area contributed by atoms with Gasteiger partial charge in [-0.05, 0) is 84.7 Å². The van der Waals surface area contributed by atoms with Crippen molar-refractivity contribution in [1.29, 1.82) is 0 Å². The van der Waals surface area contributed by atoms with Crippen molar-refractivity contribution in [3.05, 3.63) is 72.3 Å². The minimum absolute atomic E-state index is 0.0947. The molecule has 2 saturated heterocycles. The SMILES string of the molecule is CCCCCC/C=C/C(=O)O[C@H]1[C@H](O[C@H]2[C@H](OC(CCCCCC)CCC(=O)OC(CCCCCC)CC(=O)OCC(=O)c3ccc4ccc5cccc6ccc3c4c56)O[C@@H](C)[C@H](O)[C@H]2O)O[C@@H](C)[C@H](O)[C@H]1O. The van der Waals surface area contributed by atoms with Crippen LogP contribution in [0.4, 0.5) is 0 Å². The van der Waals surface area contributed by atoms with E-state index in [0.29, 0.717) is 31.2 Å². The molecule has 0 radical (unpaired) electrons. The molecule has 0 spiro atoms. The first kappa shape index (κ1) is 57.7. The summed E-state index contributed by atoms with van der Waals surface area (Å²) < 4.78 is 42.0. The summed E-state index contributed by atoms with van der Waals surface area (Å²) in [5, 5.41) is 50.4. The van der Waals surface area contributed by atoms with E-state index in [-0.39, 0.29) is 25.0 Å². The highest BCUT2D eigenvalue weighted by Crippen LogP contribution is 2.37. The third-order valence-electron chi connectivity index (χ3n) is 14.2. The average Bonchev–Trinajstić information content (AvgIpc) is 3.38. The molecule has 0 aromatic heterocycles. The van der Waals surface area contributed by atoms with Gasteiger partial charge in [0.2, 0.25) is 5.78 Å². The highest BCUT2D eigenvalue weighted by atomic mass is 16.8. The molecular formula is C58H80O15. The number of esters is 3. The number of hydrogen-bond donors (Lipinski definition) is 4. The van der Waals surface area contributed by atoms with Crippen molar-refractivity contribution in [3.8, 4) is 0 Å². The van der Waals surface area contributed by atoms with Gasteiger partial charge in [-0.3, -0.25) is 14.4 Å². The number of ketones is 1. The Balaban J connectivity index is 1.10. The number of aliphatic hydroxyl groups excluding tert-OH is 4. The van der Waals surface area contributed by atoms with Crippen LogP contribution >= 0.6 is 0 Å². The van der Waals surface area contributed by atoms with E-state index in [0.717, 1.165) is 103 Å². The Morgan fingerprint density at radius 3 is 1.85 bits per heavy atom. The van der Waals surface area contributed by atoms with Gasteiger partial charge in [0.15, 0.2) is 25.3 Å². The lowest BCUT2D eigenvalue weighted by Gasteiger charge is -2.46. The zero-order valence-corrected chi connectivity index (χ0v) is 43.5. The third-order valence-corrected chi connectivity index (χ3v) is 14.2. The second-order valence-electron chi connectivity index (χ2n) is 20.0. The summed E-state index contributed by atoms with van der Waals surface area (Å²) in [5.41, 5.74) is 0.459. The Hall–Kier alpha value is -4.58. The molecule has 12 atom stereocenters. The molecule has 4 N–H and O–H groups in total. The topological polar surface area (TPSA) is 214 Å². The second kappa shape index (κ2) is 28.9. The molecular weight excluding hydrogens is 937 g/mol. The van der Waals surface area contributed by atoms with Gasteiger partial charge in [0.05, 0.1) is 24.7 Å². The van der Waals surface area contributed by atoms with E-state index >= 15 is 0 Å². The van der Waals surface area contributed by atoms with Crippen molar-refractivity contribution < 1.29 is 72.8 Å². The molecule has 6 rings (SSSR count). The molecule has 4 aromatic carbocycles. The number of benzene rings is 4. The molecule has 2 heterocycles. The van der Waals surface area contributed by atoms with Crippen LogP contribution in [0.3, 0.4) is 0 Å². The molecule has 4 aromatic rings. The number of Topliss-reactive ketones (excluding diaryl/α,β-unsaturated/α-hetero) is 1. The van der Waals surface area contributed by atoms with E-state index in [1.54, 1.807) is 19.1 Å². The Morgan fingerprint density at radius 2 is 1.19 bits per heavy atom. The highest BCUT2D eigenvalue weighted by Gasteiger charge is 2.51. The van der Waals surface area contributed by atoms with Crippen molar-refractivity contribution in [2.45, 2.75) is 224 Å². The number of rotatable bonds is 30. The number of carbonyl (C=O) groups is 4. The first-order chi connectivity index (χ1) is 35.2. The molecule has 2 fully saturated rings. The standard InChI is InChI=1S/C58H80O15/c1-6-9-12-15-16-19-25-46(60)72-55-53(65)51(63)37(5)69-58(55)73-56-54(66)52(64)36(4)68-57(56)71-41(23-17-13-10-7-2)30-33-47(61)70-42(24-18-14-11-8-3)34-48(62)67-35-45(59)43-31-28-40-27-26-38-21-20-22-39-29-32-44(43)50(40)49(38)39/h19-22,25-29,31-32,36-37,41-42,51-58,63-66H,6-18,23-24,30,33-35H2,1-5H3/b25-19+/t36-,37-,41?,42?,51-,52-,53+,54+,55+,56+,57-,58-/m0/s1. The summed E-state index contributed by atoms with van der Waals surface area (Å²) in [5.74, 6) is -2.34. The van der Waals surface area contributed by atoms with Crippen molar-refractivity contribution in [3.63, 3.8) is 0 Å². The van der Waals surface area contributed by atoms with E-state index in [2.05, 4.69) is 26.8 Å². The molecule has 2 aliphatic rings. The summed E-state index contributed by atoms with van der Waals surface area (Å²) in [6.07, 6.45) is 0.356. The van der Waals surface area contributed by atoms with Crippen LogP contribution in [0.1, 0.15) is 161 Å². The lowest BCUT2D eigenvalue weighted by Crippen LogP contribution is -2.64. The quantitative estimate of drug-likeness (QED) is 0.00956. The number of carbonyl (C=O) groups excluding carboxylic acids is 4. The molecule has 2 unspecified atom stereocenters. The molecule has 0 aliphatic carbocycles. The van der Waals surface area contributed by atoms with Crippen molar-refractivity contribution in [1.82, 2.24) is 0 Å². The summed E-state index contributed by atoms with van der Waals surface area (Å²) >= 11 is 0. The molecule has 73 heavy (non-hydrogen) atoms. The predicted molar refractivity (Wildman–Crippen MR) is 277 cm³/mol. The van der Waals surface area contributed by atoms with Gasteiger partial charge in [0.25, 0.3) is 0 Å². The molecule has 15 heteroatoms. The Bertz CT molecular complexity index is 2370. The zero-order valence-electron chi connectivity index (χ0n) is 43.5. The number of unbranched alkanes of at least 4 members (excludes halogenated alkanes) is 10. The Morgan fingerprint density at radius 1 is 0.616 bits per heavy atom. The van der Waals surface area contributed by atoms with Crippen molar-refractivity contribution >= 4 is 56.0 Å². The minimum Gasteiger partial charge on any atom is -0.462 e. The van der Waals surface area contributed by atoms with E-state index in [4.69, 9.17) is 33.2 Å². The van der Waals surface area contributed by atoms with Gasteiger partial charge in [-0.1, -0.05) is 146 Å². The van der Waals surface area contributed by atoms with Crippen LogP contribution in [-0.2, 0) is 47.5 Å². The van der Waals surface area contributed by atoms with Gasteiger partial charge >= 0.3 is 17.9 Å². The summed E-state index contributed by atoms with van der Waals surface area (Å²) in [4.78, 5) is 53.8. The first-order valence-electron chi connectivity index (χ1n) is 27.0. The monoisotopic (exact) mass is 1020 g/mol. The first-order valence-corrected chi connectivity index (χ1v) is 27.0. The van der Waals surface area contributed by atoms with Gasteiger partial charge in [0.1, 0.15) is 36.6 Å². The number of allylic oxidation sites excluding steroid dienone is 1. The molecule has 0 saturated carbocycles. The molecule has 15 nitrogen and oxygen atoms in total. The van der Waals surface area contributed by atoms with Crippen LogP contribution in [0.5, 0.6) is 0 Å². The van der Waals surface area contributed by atoms with Gasteiger partial charge in [-0.25, -0.2) is 4.79 Å². The predicted octanol–water partition coefficient (Wildman–Crippen LogP) is 9.47. The van der Waals surface area contributed by atoms with Crippen LogP contribution in [0.25, 0.3) is 32.3 Å². The fraction of sp³-hybridized carbons (Fsp3) is 0.621. The van der Waals surface area contributed by atoms with E-state index in [9.17, 15) is 39.6 Å². The maximum Gasteiger partial charge on any atom is 0.330 e. The Kier molecular flexibility index (Phi) is 22.9. The van der Waals surface area contributed by atoms with Gasteiger partial charge in [0, 0.05) is 18.1 Å². The molecule has 402 valence electrons. The average molecular weight is 1020 g/mol. The van der Waals surface area contributed by atoms with Crippen molar-refractivity contribution in [2.75, 3.05) is 6.61 Å². The van der Waals surface area contributed by atoms with Gasteiger partial charge in [-0.2, -0.15) is 0 Å². The number of aliphatic hydroxyl groups is 4. The number of ether oxygens (including phenoxy) is 7. The van der Waals surface area contributed by atoms with Gasteiger partial charge in [-0.15, -0.1) is 0 Å². The fourth-order valence-electron chi connectivity index (χ4n) is 9.93. The van der Waals surface area contributed by atoms with Crippen LogP contribution in [0.15, 0.2) is 66.7 Å². The maximum absolute atomic E-state index is 13.7. The smallest absolute Gasteiger partial charge is 0.330 e. The van der Waals surface area contributed by atoms with Crippen LogP contribution in [0.2, 0.25) is 0 Å². The lowest BCUT2D eigenvalue weighted by atomic mass is 9.91. The normalized spacial score (nSPS) is 25.3. The van der Waals surface area contributed by atoms with E-state index in [1.165, 1.54) is 13.0 Å². The number of hydrogen-bond acceptors (Lipinski definition) is 15. The minimum atomic E-state index is -1.62. The summed E-state index contributed by atoms with van der Waals surface area (Å²) in [6, 6.07) is 17.8. The van der Waals surface area contributed by atoms with Crippen LogP contribution in [0, 0.1) is 0 Å². The lowest BCUT2D eigenvalue weighted by molar-refractivity contribution is -0.366. The highest BCUT2D eigenvalue weighted by molar-refractivity contribution is 6.26. The van der Waals surface area contributed by atoms with Crippen LogP contribution < -0.4 is 0 Å². The van der Waals surface area contributed by atoms with Crippen LogP contribution in [-0.4, -0.2) is 124 Å². The third kappa shape index (κ3) is 16.0. The fourth-order valence-corrected chi connectivity index (χ4v) is 9.93. The van der Waals surface area contributed by atoms with Crippen molar-refractivity contribution in [2.24, 2.45) is 0 Å². The summed E-state index contributed by atoms with van der Waals surface area (Å²) in [7, 11) is 0. The zero-order chi connectivity index (χ0) is 52.4.